The molecule has 27 heavy (non-hydrogen) atoms. The molecule has 1 aromatic carbocycles. The highest BCUT2D eigenvalue weighted by Crippen LogP contribution is 2.23. The van der Waals surface area contributed by atoms with Gasteiger partial charge in [-0.3, -0.25) is 4.79 Å². The molecule has 2 heterocycles. The first-order chi connectivity index (χ1) is 12.6. The number of methoxy groups -OCH3 is 1. The number of aromatic nitrogens is 1. The second kappa shape index (κ2) is 9.81. The van der Waals surface area contributed by atoms with E-state index in [2.05, 4.69) is 15.2 Å². The molecule has 1 fully saturated rings. The molecule has 0 aliphatic carbocycles. The van der Waals surface area contributed by atoms with Crippen molar-refractivity contribution in [3.05, 3.63) is 47.3 Å². The van der Waals surface area contributed by atoms with Gasteiger partial charge in [0.25, 0.3) is 5.91 Å². The number of nitrogens with zero attached hydrogens (tertiary/aromatic N) is 1. The van der Waals surface area contributed by atoms with E-state index in [0.29, 0.717) is 5.92 Å². The minimum atomic E-state index is 0. The lowest BCUT2D eigenvalue weighted by molar-refractivity contribution is 0.0950. The van der Waals surface area contributed by atoms with E-state index < -0.39 is 0 Å². The molecule has 2 N–H and O–H groups in total. The molecule has 6 heteroatoms. The SMILES string of the molecule is COc1ccc(-n2c(C)cc(C(=O)NCCC3CCCNC3)c2C)cc1.Cl. The summed E-state index contributed by atoms with van der Waals surface area (Å²) in [5.74, 6) is 1.52. The molecule has 0 spiro atoms. The number of halogens is 1. The molecule has 1 unspecified atom stereocenters. The minimum Gasteiger partial charge on any atom is -0.497 e. The molecule has 1 aromatic heterocycles. The number of carbonyl (C=O) groups is 1. The van der Waals surface area contributed by atoms with E-state index in [1.807, 2.05) is 44.2 Å². The van der Waals surface area contributed by atoms with Crippen molar-refractivity contribution in [2.45, 2.75) is 33.1 Å². The summed E-state index contributed by atoms with van der Waals surface area (Å²) in [6.45, 7) is 6.96. The average molecular weight is 392 g/mol. The van der Waals surface area contributed by atoms with E-state index in [9.17, 15) is 4.79 Å². The Kier molecular flexibility index (Phi) is 7.75. The average Bonchev–Trinajstić information content (AvgIpc) is 2.97. The van der Waals surface area contributed by atoms with Crippen LogP contribution in [-0.4, -0.2) is 37.2 Å². The van der Waals surface area contributed by atoms with Gasteiger partial charge in [-0.05, 0) is 82.4 Å². The Balaban J connectivity index is 0.00000261. The van der Waals surface area contributed by atoms with Crippen LogP contribution >= 0.6 is 12.4 Å². The van der Waals surface area contributed by atoms with Crippen LogP contribution in [0.1, 0.15) is 41.0 Å². The third kappa shape index (κ3) is 5.05. The van der Waals surface area contributed by atoms with Gasteiger partial charge in [0, 0.05) is 23.6 Å². The first-order valence-corrected chi connectivity index (χ1v) is 9.42. The van der Waals surface area contributed by atoms with Gasteiger partial charge in [-0.1, -0.05) is 0 Å². The van der Waals surface area contributed by atoms with Crippen LogP contribution in [0.2, 0.25) is 0 Å². The van der Waals surface area contributed by atoms with Crippen molar-refractivity contribution in [3.8, 4) is 11.4 Å². The molecule has 0 radical (unpaired) electrons. The van der Waals surface area contributed by atoms with Crippen LogP contribution in [0.4, 0.5) is 0 Å². The van der Waals surface area contributed by atoms with Gasteiger partial charge >= 0.3 is 0 Å². The van der Waals surface area contributed by atoms with Crippen LogP contribution in [0, 0.1) is 19.8 Å². The fourth-order valence-electron chi connectivity index (χ4n) is 3.78. The van der Waals surface area contributed by atoms with Gasteiger partial charge in [-0.15, -0.1) is 12.4 Å². The van der Waals surface area contributed by atoms with E-state index in [1.165, 1.54) is 12.8 Å². The summed E-state index contributed by atoms with van der Waals surface area (Å²) in [7, 11) is 1.66. The van der Waals surface area contributed by atoms with Gasteiger partial charge in [0.15, 0.2) is 0 Å². The maximum atomic E-state index is 12.6. The summed E-state index contributed by atoms with van der Waals surface area (Å²) in [4.78, 5) is 12.6. The third-order valence-electron chi connectivity index (χ3n) is 5.24. The van der Waals surface area contributed by atoms with Crippen molar-refractivity contribution in [1.82, 2.24) is 15.2 Å². The molecule has 2 aromatic rings. The van der Waals surface area contributed by atoms with Crippen LogP contribution in [0.15, 0.2) is 30.3 Å². The normalized spacial score (nSPS) is 16.5. The van der Waals surface area contributed by atoms with E-state index in [4.69, 9.17) is 4.74 Å². The van der Waals surface area contributed by atoms with E-state index in [-0.39, 0.29) is 18.3 Å². The number of aryl methyl sites for hydroxylation is 1. The number of hydrogen-bond acceptors (Lipinski definition) is 3. The summed E-state index contributed by atoms with van der Waals surface area (Å²) in [5, 5.41) is 6.52. The van der Waals surface area contributed by atoms with E-state index in [0.717, 1.165) is 54.4 Å². The number of benzene rings is 1. The van der Waals surface area contributed by atoms with Crippen molar-refractivity contribution in [1.29, 1.82) is 0 Å². The van der Waals surface area contributed by atoms with E-state index in [1.54, 1.807) is 7.11 Å². The lowest BCUT2D eigenvalue weighted by Crippen LogP contribution is -2.33. The van der Waals surface area contributed by atoms with Crippen LogP contribution < -0.4 is 15.4 Å². The van der Waals surface area contributed by atoms with Crippen molar-refractivity contribution >= 4 is 18.3 Å². The highest BCUT2D eigenvalue weighted by Gasteiger charge is 2.18. The lowest BCUT2D eigenvalue weighted by atomic mass is 9.96. The predicted molar refractivity (Wildman–Crippen MR) is 112 cm³/mol. The first kappa shape index (κ1) is 21.3. The maximum Gasteiger partial charge on any atom is 0.253 e. The molecule has 3 rings (SSSR count). The first-order valence-electron chi connectivity index (χ1n) is 9.42. The highest BCUT2D eigenvalue weighted by molar-refractivity contribution is 5.95. The number of ether oxygens (including phenoxy) is 1. The molecule has 1 amide bonds. The predicted octanol–water partition coefficient (Wildman–Crippen LogP) is 3.64. The molecule has 1 saturated heterocycles. The number of piperidine rings is 1. The van der Waals surface area contributed by atoms with Gasteiger partial charge in [-0.2, -0.15) is 0 Å². The fraction of sp³-hybridized carbons (Fsp3) is 0.476. The monoisotopic (exact) mass is 391 g/mol. The zero-order valence-electron chi connectivity index (χ0n) is 16.4. The second-order valence-electron chi connectivity index (χ2n) is 7.08. The summed E-state index contributed by atoms with van der Waals surface area (Å²) >= 11 is 0. The van der Waals surface area contributed by atoms with Crippen LogP contribution in [-0.2, 0) is 0 Å². The standard InChI is InChI=1S/C21H29N3O2.ClH/c1-15-13-20(21(25)23-12-10-17-5-4-11-22-14-17)16(2)24(15)18-6-8-19(26-3)9-7-18;/h6-9,13,17,22H,4-5,10-12,14H2,1-3H3,(H,23,25);1H. The van der Waals surface area contributed by atoms with Crippen LogP contribution in [0.25, 0.3) is 5.69 Å². The van der Waals surface area contributed by atoms with Crippen LogP contribution in [0.5, 0.6) is 5.75 Å². The summed E-state index contributed by atoms with van der Waals surface area (Å²) in [6.07, 6.45) is 3.53. The van der Waals surface area contributed by atoms with Crippen molar-refractivity contribution in [2.24, 2.45) is 5.92 Å². The van der Waals surface area contributed by atoms with Gasteiger partial charge in [0.2, 0.25) is 0 Å². The van der Waals surface area contributed by atoms with Crippen molar-refractivity contribution in [3.63, 3.8) is 0 Å². The largest absolute Gasteiger partial charge is 0.497 e. The molecular weight excluding hydrogens is 362 g/mol. The van der Waals surface area contributed by atoms with Gasteiger partial charge in [-0.25, -0.2) is 0 Å². The molecule has 1 aliphatic rings. The number of amides is 1. The zero-order chi connectivity index (χ0) is 18.5. The topological polar surface area (TPSA) is 55.3 Å². The smallest absolute Gasteiger partial charge is 0.253 e. The van der Waals surface area contributed by atoms with Crippen molar-refractivity contribution < 1.29 is 9.53 Å². The zero-order valence-corrected chi connectivity index (χ0v) is 17.2. The van der Waals surface area contributed by atoms with Crippen LogP contribution in [0.3, 0.4) is 0 Å². The quantitative estimate of drug-likeness (QED) is 0.790. The summed E-state index contributed by atoms with van der Waals surface area (Å²) < 4.78 is 7.34. The second-order valence-corrected chi connectivity index (χ2v) is 7.08. The number of hydrogen-bond donors (Lipinski definition) is 2. The Morgan fingerprint density at radius 2 is 2.04 bits per heavy atom. The molecule has 1 aliphatic heterocycles. The Morgan fingerprint density at radius 3 is 2.67 bits per heavy atom. The maximum absolute atomic E-state index is 12.6. The molecule has 0 saturated carbocycles. The number of carbonyl (C=O) groups excluding carboxylic acids is 1. The molecule has 1 atom stereocenters. The fourth-order valence-corrected chi connectivity index (χ4v) is 3.78. The van der Waals surface area contributed by atoms with Crippen molar-refractivity contribution in [2.75, 3.05) is 26.7 Å². The van der Waals surface area contributed by atoms with Gasteiger partial charge < -0.3 is 19.9 Å². The van der Waals surface area contributed by atoms with E-state index >= 15 is 0 Å². The molecule has 148 valence electrons. The molecule has 5 nitrogen and oxygen atoms in total. The number of nitrogens with one attached hydrogen (secondary N) is 2. The Bertz CT molecular complexity index is 750. The Hall–Kier alpha value is -1.98. The highest BCUT2D eigenvalue weighted by atomic mass is 35.5. The summed E-state index contributed by atoms with van der Waals surface area (Å²) in [5.41, 5.74) is 3.80. The lowest BCUT2D eigenvalue weighted by Gasteiger charge is -2.22. The molecular formula is C21H30ClN3O2. The van der Waals surface area contributed by atoms with Gasteiger partial charge in [0.05, 0.1) is 12.7 Å². The minimum absolute atomic E-state index is 0. The third-order valence-corrected chi connectivity index (χ3v) is 5.24. The Labute approximate surface area is 167 Å². The summed E-state index contributed by atoms with van der Waals surface area (Å²) in [6, 6.07) is 9.86. The molecule has 0 bridgehead atoms. The van der Waals surface area contributed by atoms with Gasteiger partial charge in [0.1, 0.15) is 5.75 Å². The Morgan fingerprint density at radius 1 is 1.30 bits per heavy atom. The number of rotatable bonds is 6.